The molecular weight excluding hydrogens is 195 g/mol. The van der Waals surface area contributed by atoms with Crippen molar-refractivity contribution in [2.24, 2.45) is 5.92 Å². The maximum absolute atomic E-state index is 12.5. The molecule has 13 heavy (non-hydrogen) atoms. The lowest BCUT2D eigenvalue weighted by atomic mass is 10.0. The Hall–Kier alpha value is -0.680. The first-order valence-electron chi connectivity index (χ1n) is 3.57. The molecule has 0 atom stereocenters. The fourth-order valence-corrected chi connectivity index (χ4v) is 0.813. The highest BCUT2D eigenvalue weighted by molar-refractivity contribution is 5.90. The van der Waals surface area contributed by atoms with E-state index < -0.39 is 30.2 Å². The second-order valence-corrected chi connectivity index (χ2v) is 3.13. The first-order chi connectivity index (χ1) is 5.57. The quantitative estimate of drug-likeness (QED) is 0.646. The minimum absolute atomic E-state index is 0.665. The number of halogens is 5. The normalized spacial score (nSPS) is 13.5. The van der Waals surface area contributed by atoms with Crippen LogP contribution in [0.3, 0.4) is 0 Å². The van der Waals surface area contributed by atoms with Gasteiger partial charge in [-0.05, 0) is 5.92 Å². The Morgan fingerprint density at radius 2 is 1.54 bits per heavy atom. The zero-order chi connectivity index (χ0) is 10.9. The number of carbonyl (C=O) groups excluding carboxylic acids is 1. The van der Waals surface area contributed by atoms with Crippen LogP contribution < -0.4 is 0 Å². The molecule has 0 aliphatic rings. The summed E-state index contributed by atoms with van der Waals surface area (Å²) in [6.07, 6.45) is -6.54. The molecule has 78 valence electrons. The maximum Gasteiger partial charge on any atom is 0.456 e. The third-order valence-electron chi connectivity index (χ3n) is 1.25. The molecule has 6 heteroatoms. The van der Waals surface area contributed by atoms with Gasteiger partial charge in [-0.3, -0.25) is 4.79 Å². The van der Waals surface area contributed by atoms with E-state index in [0.29, 0.717) is 0 Å². The molecule has 0 rings (SSSR count). The van der Waals surface area contributed by atoms with Crippen molar-refractivity contribution in [1.29, 1.82) is 0 Å². The topological polar surface area (TPSA) is 17.1 Å². The predicted molar refractivity (Wildman–Crippen MR) is 35.5 cm³/mol. The van der Waals surface area contributed by atoms with Crippen molar-refractivity contribution in [3.05, 3.63) is 0 Å². The summed E-state index contributed by atoms with van der Waals surface area (Å²) in [5.74, 6) is -7.93. The van der Waals surface area contributed by atoms with Crippen LogP contribution >= 0.6 is 0 Å². The van der Waals surface area contributed by atoms with Crippen LogP contribution in [0.15, 0.2) is 0 Å². The molecule has 0 radical (unpaired) electrons. The molecule has 0 spiro atoms. The van der Waals surface area contributed by atoms with E-state index in [1.54, 1.807) is 0 Å². The van der Waals surface area contributed by atoms with Gasteiger partial charge in [-0.2, -0.15) is 22.0 Å². The minimum Gasteiger partial charge on any atom is -0.283 e. The van der Waals surface area contributed by atoms with Crippen molar-refractivity contribution in [3.63, 3.8) is 0 Å². The predicted octanol–water partition coefficient (Wildman–Crippen LogP) is 2.80. The van der Waals surface area contributed by atoms with Gasteiger partial charge in [0, 0.05) is 6.42 Å². The minimum atomic E-state index is -5.46. The highest BCUT2D eigenvalue weighted by Gasteiger charge is 2.54. The fraction of sp³-hybridized carbons (Fsp3) is 0.857. The van der Waals surface area contributed by atoms with Gasteiger partial charge in [0.15, 0.2) is 0 Å². The lowest BCUT2D eigenvalue weighted by molar-refractivity contribution is -0.196. The number of alkyl halides is 5. The molecule has 0 unspecified atom stereocenters. The Bertz CT molecular complexity index is 194. The summed E-state index contributed by atoms with van der Waals surface area (Å²) in [7, 11) is 0. The molecule has 0 aliphatic carbocycles. The zero-order valence-electron chi connectivity index (χ0n) is 7.08. The van der Waals surface area contributed by atoms with Gasteiger partial charge >= 0.3 is 17.9 Å². The van der Waals surface area contributed by atoms with Crippen LogP contribution in [0.4, 0.5) is 22.0 Å². The first kappa shape index (κ1) is 12.3. The summed E-state index contributed by atoms with van der Waals surface area (Å²) in [5.41, 5.74) is 0. The zero-order valence-corrected chi connectivity index (χ0v) is 7.08. The van der Waals surface area contributed by atoms with Crippen molar-refractivity contribution in [2.45, 2.75) is 32.4 Å². The van der Waals surface area contributed by atoms with Crippen LogP contribution in [0.1, 0.15) is 20.3 Å². The molecular formula is C7H9F5O. The van der Waals surface area contributed by atoms with Crippen LogP contribution in [0.2, 0.25) is 0 Å². The smallest absolute Gasteiger partial charge is 0.283 e. The first-order valence-corrected chi connectivity index (χ1v) is 3.57. The lowest BCUT2D eigenvalue weighted by Gasteiger charge is -2.18. The fourth-order valence-electron chi connectivity index (χ4n) is 0.813. The molecule has 0 bridgehead atoms. The van der Waals surface area contributed by atoms with Crippen molar-refractivity contribution in [3.8, 4) is 0 Å². The van der Waals surface area contributed by atoms with E-state index in [9.17, 15) is 26.7 Å². The van der Waals surface area contributed by atoms with Gasteiger partial charge in [0.1, 0.15) is 0 Å². The number of hydrogen-bond acceptors (Lipinski definition) is 1. The van der Waals surface area contributed by atoms with Gasteiger partial charge < -0.3 is 0 Å². The van der Waals surface area contributed by atoms with Crippen molar-refractivity contribution in [2.75, 3.05) is 0 Å². The third-order valence-corrected chi connectivity index (χ3v) is 1.25. The van der Waals surface area contributed by atoms with Crippen molar-refractivity contribution in [1.82, 2.24) is 0 Å². The van der Waals surface area contributed by atoms with E-state index in [2.05, 4.69) is 0 Å². The molecule has 0 amide bonds. The Labute approximate surface area is 71.9 Å². The molecule has 0 aliphatic heterocycles. The van der Waals surface area contributed by atoms with E-state index in [1.807, 2.05) is 0 Å². The summed E-state index contributed by atoms with van der Waals surface area (Å²) >= 11 is 0. The number of rotatable bonds is 3. The largest absolute Gasteiger partial charge is 0.456 e. The van der Waals surface area contributed by atoms with E-state index in [-0.39, 0.29) is 0 Å². The molecule has 0 fully saturated rings. The summed E-state index contributed by atoms with van der Waals surface area (Å²) in [4.78, 5) is 10.1. The van der Waals surface area contributed by atoms with E-state index in [0.717, 1.165) is 0 Å². The summed E-state index contributed by atoms with van der Waals surface area (Å²) < 4.78 is 59.7. The van der Waals surface area contributed by atoms with Crippen LogP contribution in [0, 0.1) is 5.92 Å². The molecule has 0 aromatic heterocycles. The summed E-state index contributed by atoms with van der Waals surface area (Å²) in [6.45, 7) is 2.63. The van der Waals surface area contributed by atoms with Gasteiger partial charge in [0.25, 0.3) is 0 Å². The highest BCUT2D eigenvalue weighted by Crippen LogP contribution is 2.32. The van der Waals surface area contributed by atoms with E-state index >= 15 is 0 Å². The Morgan fingerprint density at radius 1 is 1.15 bits per heavy atom. The molecule has 0 saturated heterocycles. The number of Topliss-reactive ketones (excluding diaryl/α,β-unsaturated/α-hetero) is 1. The second kappa shape index (κ2) is 3.59. The maximum atomic E-state index is 12.5. The number of carbonyl (C=O) groups is 1. The third kappa shape index (κ3) is 3.69. The molecule has 0 saturated carbocycles. The van der Waals surface area contributed by atoms with Crippen LogP contribution in [0.5, 0.6) is 0 Å². The molecule has 1 nitrogen and oxygen atoms in total. The molecule has 0 N–H and O–H groups in total. The van der Waals surface area contributed by atoms with Crippen molar-refractivity contribution < 1.29 is 26.7 Å². The Kier molecular flexibility index (Phi) is 3.40. The van der Waals surface area contributed by atoms with Gasteiger partial charge in [0.2, 0.25) is 0 Å². The lowest BCUT2D eigenvalue weighted by Crippen LogP contribution is -2.40. The Balaban J connectivity index is 4.55. The van der Waals surface area contributed by atoms with Gasteiger partial charge in [-0.25, -0.2) is 0 Å². The molecule has 0 aromatic carbocycles. The summed E-state index contributed by atoms with van der Waals surface area (Å²) in [6, 6.07) is 0. The standard InChI is InChI=1S/C7H9F5O/c1-4(2)3-6(8,9)5(13)7(10,11)12/h4H,3H2,1-2H3. The number of hydrogen-bond donors (Lipinski definition) is 0. The van der Waals surface area contributed by atoms with E-state index in [1.165, 1.54) is 13.8 Å². The molecule has 0 aromatic rings. The van der Waals surface area contributed by atoms with E-state index in [4.69, 9.17) is 0 Å². The Morgan fingerprint density at radius 3 is 1.77 bits per heavy atom. The summed E-state index contributed by atoms with van der Waals surface area (Å²) in [5, 5.41) is 0. The highest BCUT2D eigenvalue weighted by atomic mass is 19.4. The van der Waals surface area contributed by atoms with Crippen LogP contribution in [-0.2, 0) is 4.79 Å². The number of ketones is 1. The monoisotopic (exact) mass is 204 g/mol. The average molecular weight is 204 g/mol. The average Bonchev–Trinajstić information content (AvgIpc) is 1.80. The van der Waals surface area contributed by atoms with Gasteiger partial charge in [0.05, 0.1) is 0 Å². The second-order valence-electron chi connectivity index (χ2n) is 3.13. The van der Waals surface area contributed by atoms with Gasteiger partial charge in [-0.1, -0.05) is 13.8 Å². The van der Waals surface area contributed by atoms with Crippen LogP contribution in [0.25, 0.3) is 0 Å². The molecule has 0 heterocycles. The van der Waals surface area contributed by atoms with Gasteiger partial charge in [-0.15, -0.1) is 0 Å². The van der Waals surface area contributed by atoms with Crippen molar-refractivity contribution >= 4 is 5.78 Å². The SMILES string of the molecule is CC(C)CC(F)(F)C(=O)C(F)(F)F. The van der Waals surface area contributed by atoms with Crippen LogP contribution in [-0.4, -0.2) is 17.9 Å².